The average molecular weight is 261 g/mol. The number of anilines is 1. The maximum atomic E-state index is 12.1. The van der Waals surface area contributed by atoms with Crippen LogP contribution < -0.4 is 5.32 Å². The van der Waals surface area contributed by atoms with E-state index in [0.717, 1.165) is 31.4 Å². The van der Waals surface area contributed by atoms with E-state index in [1.54, 1.807) is 24.3 Å². The lowest BCUT2D eigenvalue weighted by Gasteiger charge is -2.14. The molecule has 0 heterocycles. The molecule has 0 radical (unpaired) electrons. The van der Waals surface area contributed by atoms with E-state index in [0.29, 0.717) is 5.56 Å². The zero-order valence-electron chi connectivity index (χ0n) is 12.0. The Balaban J connectivity index is 2.62. The Morgan fingerprint density at radius 1 is 1.16 bits per heavy atom. The molecule has 3 nitrogen and oxygen atoms in total. The Bertz CT molecular complexity index is 423. The first-order valence-electron chi connectivity index (χ1n) is 7.00. The van der Waals surface area contributed by atoms with Gasteiger partial charge in [0.1, 0.15) is 0 Å². The normalized spacial score (nSPS) is 11.9. The predicted molar refractivity (Wildman–Crippen MR) is 78.4 cm³/mol. The van der Waals surface area contributed by atoms with Crippen LogP contribution in [0.1, 0.15) is 56.8 Å². The summed E-state index contributed by atoms with van der Waals surface area (Å²) < 4.78 is 0. The molecular weight excluding hydrogens is 238 g/mol. The van der Waals surface area contributed by atoms with Crippen LogP contribution in [0.25, 0.3) is 0 Å². The van der Waals surface area contributed by atoms with Gasteiger partial charge in [-0.1, -0.05) is 26.7 Å². The molecule has 0 fully saturated rings. The van der Waals surface area contributed by atoms with Gasteiger partial charge in [-0.05, 0) is 44.0 Å². The van der Waals surface area contributed by atoms with E-state index in [1.807, 2.05) is 6.92 Å². The maximum absolute atomic E-state index is 12.1. The summed E-state index contributed by atoms with van der Waals surface area (Å²) in [7, 11) is 0. The zero-order chi connectivity index (χ0) is 14.3. The van der Waals surface area contributed by atoms with Crippen LogP contribution in [0.2, 0.25) is 0 Å². The molecule has 0 saturated carbocycles. The highest BCUT2D eigenvalue weighted by Crippen LogP contribution is 2.16. The van der Waals surface area contributed by atoms with E-state index in [-0.39, 0.29) is 17.6 Å². The van der Waals surface area contributed by atoms with E-state index in [2.05, 4.69) is 12.2 Å². The lowest BCUT2D eigenvalue weighted by Crippen LogP contribution is -2.22. The Morgan fingerprint density at radius 3 is 2.26 bits per heavy atom. The molecule has 1 atom stereocenters. The van der Waals surface area contributed by atoms with Crippen LogP contribution in [0.5, 0.6) is 0 Å². The first-order chi connectivity index (χ1) is 9.08. The van der Waals surface area contributed by atoms with Crippen molar-refractivity contribution >= 4 is 17.4 Å². The Labute approximate surface area is 115 Å². The summed E-state index contributed by atoms with van der Waals surface area (Å²) in [5, 5.41) is 2.92. The zero-order valence-corrected chi connectivity index (χ0v) is 12.0. The SMILES string of the molecule is CCCCC(CC)C(=O)Nc1ccc(C(C)=O)cc1. The summed E-state index contributed by atoms with van der Waals surface area (Å²) in [6.07, 6.45) is 3.98. The molecule has 1 N–H and O–H groups in total. The van der Waals surface area contributed by atoms with Crippen molar-refractivity contribution in [1.82, 2.24) is 0 Å². The largest absolute Gasteiger partial charge is 0.326 e. The molecule has 19 heavy (non-hydrogen) atoms. The molecule has 104 valence electrons. The number of ketones is 1. The number of unbranched alkanes of at least 4 members (excludes halogenated alkanes) is 1. The van der Waals surface area contributed by atoms with Crippen LogP contribution in [0.4, 0.5) is 5.69 Å². The molecule has 0 aliphatic rings. The van der Waals surface area contributed by atoms with E-state index < -0.39 is 0 Å². The number of rotatable bonds is 7. The van der Waals surface area contributed by atoms with Crippen molar-refractivity contribution in [2.24, 2.45) is 5.92 Å². The molecule has 1 amide bonds. The second-order valence-corrected chi connectivity index (χ2v) is 4.87. The van der Waals surface area contributed by atoms with Crippen molar-refractivity contribution in [2.75, 3.05) is 5.32 Å². The van der Waals surface area contributed by atoms with Crippen LogP contribution in [-0.2, 0) is 4.79 Å². The van der Waals surface area contributed by atoms with Crippen molar-refractivity contribution in [3.05, 3.63) is 29.8 Å². The van der Waals surface area contributed by atoms with Crippen LogP contribution in [0.15, 0.2) is 24.3 Å². The van der Waals surface area contributed by atoms with Gasteiger partial charge in [0, 0.05) is 17.2 Å². The number of nitrogens with one attached hydrogen (secondary N) is 1. The first-order valence-corrected chi connectivity index (χ1v) is 7.00. The fraction of sp³-hybridized carbons (Fsp3) is 0.500. The number of Topliss-reactive ketones (excluding diaryl/α,β-unsaturated/α-hetero) is 1. The topological polar surface area (TPSA) is 46.2 Å². The summed E-state index contributed by atoms with van der Waals surface area (Å²) in [4.78, 5) is 23.3. The third-order valence-electron chi connectivity index (χ3n) is 3.33. The molecule has 0 aliphatic heterocycles. The number of hydrogen-bond acceptors (Lipinski definition) is 2. The van der Waals surface area contributed by atoms with Crippen molar-refractivity contribution in [2.45, 2.75) is 46.5 Å². The van der Waals surface area contributed by atoms with E-state index >= 15 is 0 Å². The number of hydrogen-bond donors (Lipinski definition) is 1. The van der Waals surface area contributed by atoms with Crippen molar-refractivity contribution < 1.29 is 9.59 Å². The quantitative estimate of drug-likeness (QED) is 0.753. The third kappa shape index (κ3) is 4.86. The predicted octanol–water partition coefficient (Wildman–Crippen LogP) is 4.04. The molecule has 1 aromatic rings. The third-order valence-corrected chi connectivity index (χ3v) is 3.33. The average Bonchev–Trinajstić information content (AvgIpc) is 2.40. The monoisotopic (exact) mass is 261 g/mol. The molecule has 0 aromatic heterocycles. The van der Waals surface area contributed by atoms with E-state index in [4.69, 9.17) is 0 Å². The summed E-state index contributed by atoms with van der Waals surface area (Å²) in [6, 6.07) is 7.04. The van der Waals surface area contributed by atoms with Gasteiger partial charge in [-0.15, -0.1) is 0 Å². The molecule has 0 spiro atoms. The van der Waals surface area contributed by atoms with Gasteiger partial charge in [-0.3, -0.25) is 9.59 Å². The van der Waals surface area contributed by atoms with Gasteiger partial charge in [0.05, 0.1) is 0 Å². The van der Waals surface area contributed by atoms with Gasteiger partial charge >= 0.3 is 0 Å². The fourth-order valence-electron chi connectivity index (χ4n) is 2.00. The summed E-state index contributed by atoms with van der Waals surface area (Å²) in [5.41, 5.74) is 1.42. The van der Waals surface area contributed by atoms with Gasteiger partial charge in [0.15, 0.2) is 5.78 Å². The number of carbonyl (C=O) groups is 2. The second-order valence-electron chi connectivity index (χ2n) is 4.87. The van der Waals surface area contributed by atoms with Crippen LogP contribution in [-0.4, -0.2) is 11.7 Å². The fourth-order valence-corrected chi connectivity index (χ4v) is 2.00. The first kappa shape index (κ1) is 15.4. The number of carbonyl (C=O) groups excluding carboxylic acids is 2. The minimum atomic E-state index is 0.0345. The highest BCUT2D eigenvalue weighted by Gasteiger charge is 2.15. The standard InChI is InChI=1S/C16H23NO2/c1-4-6-7-13(5-2)16(19)17-15-10-8-14(9-11-15)12(3)18/h8-11,13H,4-7H2,1-3H3,(H,17,19). The Morgan fingerprint density at radius 2 is 1.79 bits per heavy atom. The summed E-state index contributed by atoms with van der Waals surface area (Å²) in [6.45, 7) is 5.70. The van der Waals surface area contributed by atoms with Crippen molar-refractivity contribution in [1.29, 1.82) is 0 Å². The number of benzene rings is 1. The lowest BCUT2D eigenvalue weighted by molar-refractivity contribution is -0.120. The number of amides is 1. The van der Waals surface area contributed by atoms with Gasteiger partial charge in [0.2, 0.25) is 5.91 Å². The van der Waals surface area contributed by atoms with Crippen molar-refractivity contribution in [3.8, 4) is 0 Å². The molecule has 3 heteroatoms. The Kier molecular flexibility index (Phi) is 6.26. The highest BCUT2D eigenvalue weighted by molar-refractivity contribution is 5.96. The molecule has 0 aliphatic carbocycles. The minimum absolute atomic E-state index is 0.0345. The van der Waals surface area contributed by atoms with Crippen molar-refractivity contribution in [3.63, 3.8) is 0 Å². The van der Waals surface area contributed by atoms with E-state index in [1.165, 1.54) is 6.92 Å². The molecule has 1 rings (SSSR count). The molecular formula is C16H23NO2. The van der Waals surface area contributed by atoms with Gasteiger partial charge < -0.3 is 5.32 Å². The molecule has 1 aromatic carbocycles. The van der Waals surface area contributed by atoms with Gasteiger partial charge in [-0.2, -0.15) is 0 Å². The minimum Gasteiger partial charge on any atom is -0.326 e. The summed E-state index contributed by atoms with van der Waals surface area (Å²) in [5.74, 6) is 0.186. The van der Waals surface area contributed by atoms with Crippen LogP contribution >= 0.6 is 0 Å². The maximum Gasteiger partial charge on any atom is 0.227 e. The molecule has 1 unspecified atom stereocenters. The highest BCUT2D eigenvalue weighted by atomic mass is 16.2. The molecule has 0 bridgehead atoms. The smallest absolute Gasteiger partial charge is 0.227 e. The van der Waals surface area contributed by atoms with Crippen LogP contribution in [0.3, 0.4) is 0 Å². The van der Waals surface area contributed by atoms with E-state index in [9.17, 15) is 9.59 Å². The second kappa shape index (κ2) is 7.72. The Hall–Kier alpha value is -1.64. The molecule has 0 saturated heterocycles. The van der Waals surface area contributed by atoms with Crippen LogP contribution in [0, 0.1) is 5.92 Å². The van der Waals surface area contributed by atoms with Gasteiger partial charge in [-0.25, -0.2) is 0 Å². The van der Waals surface area contributed by atoms with Gasteiger partial charge in [0.25, 0.3) is 0 Å². The lowest BCUT2D eigenvalue weighted by atomic mass is 9.98. The summed E-state index contributed by atoms with van der Waals surface area (Å²) >= 11 is 0.